The molecule has 19 heavy (non-hydrogen) atoms. The van der Waals surface area contributed by atoms with Gasteiger partial charge in [-0.15, -0.1) is 11.3 Å². The van der Waals surface area contributed by atoms with E-state index in [1.54, 1.807) is 24.3 Å². The maximum atomic E-state index is 11.9. The molecule has 0 fully saturated rings. The zero-order chi connectivity index (χ0) is 13.7. The number of nitrogens with two attached hydrogens (primary N) is 1. The van der Waals surface area contributed by atoms with Crippen LogP contribution in [0.15, 0.2) is 47.4 Å². The van der Waals surface area contributed by atoms with Gasteiger partial charge in [0.05, 0.1) is 5.69 Å². The second-order valence-electron chi connectivity index (χ2n) is 3.61. The third kappa shape index (κ3) is 3.21. The van der Waals surface area contributed by atoms with E-state index < -0.39 is 5.97 Å². The van der Waals surface area contributed by atoms with Gasteiger partial charge in [0.2, 0.25) is 0 Å². The average Bonchev–Trinajstić information content (AvgIpc) is 2.91. The molecule has 1 aromatic heterocycles. The summed E-state index contributed by atoms with van der Waals surface area (Å²) in [5.41, 5.74) is 5.96. The van der Waals surface area contributed by atoms with Gasteiger partial charge in [-0.05, 0) is 29.7 Å². The number of carbonyl (C=O) groups is 1. The number of rotatable bonds is 3. The van der Waals surface area contributed by atoms with Crippen LogP contribution in [0.3, 0.4) is 0 Å². The van der Waals surface area contributed by atoms with Gasteiger partial charge in [-0.25, -0.2) is 4.79 Å². The maximum absolute atomic E-state index is 11.9. The molecule has 0 unspecified atom stereocenters. The van der Waals surface area contributed by atoms with Crippen LogP contribution >= 0.6 is 11.3 Å². The van der Waals surface area contributed by atoms with E-state index in [2.05, 4.69) is 0 Å². The number of anilines is 1. The molecule has 2 N–H and O–H groups in total. The molecule has 0 aliphatic heterocycles. The number of nitriles is 1. The Labute approximate surface area is 114 Å². The molecule has 0 bridgehead atoms. The fourth-order valence-electron chi connectivity index (χ4n) is 1.38. The summed E-state index contributed by atoms with van der Waals surface area (Å²) in [5, 5.41) is 10.9. The first-order chi connectivity index (χ1) is 9.20. The summed E-state index contributed by atoms with van der Waals surface area (Å²) in [6.07, 6.45) is 1.49. The molecule has 2 rings (SSSR count). The zero-order valence-corrected chi connectivity index (χ0v) is 10.7. The fraction of sp³-hybridized carbons (Fsp3) is 0. The van der Waals surface area contributed by atoms with Crippen LogP contribution in [0.1, 0.15) is 4.88 Å². The molecule has 1 aromatic carbocycles. The van der Waals surface area contributed by atoms with Gasteiger partial charge >= 0.3 is 5.97 Å². The largest absolute Gasteiger partial charge is 0.420 e. The Balaban J connectivity index is 2.19. The van der Waals surface area contributed by atoms with Crippen LogP contribution in [-0.2, 0) is 4.79 Å². The average molecular weight is 270 g/mol. The van der Waals surface area contributed by atoms with Gasteiger partial charge in [-0.1, -0.05) is 18.2 Å². The Hall–Kier alpha value is -2.58. The van der Waals surface area contributed by atoms with E-state index in [1.165, 1.54) is 17.4 Å². The van der Waals surface area contributed by atoms with E-state index in [4.69, 9.17) is 15.7 Å². The topological polar surface area (TPSA) is 76.1 Å². The summed E-state index contributed by atoms with van der Waals surface area (Å²) in [5.74, 6) is -0.464. The van der Waals surface area contributed by atoms with E-state index in [1.807, 2.05) is 23.6 Å². The van der Waals surface area contributed by atoms with Crippen molar-refractivity contribution >= 4 is 29.1 Å². The lowest BCUT2D eigenvalue weighted by Gasteiger charge is -2.05. The molecule has 0 saturated carbocycles. The summed E-state index contributed by atoms with van der Waals surface area (Å²) in [6.45, 7) is 0. The summed E-state index contributed by atoms with van der Waals surface area (Å²) >= 11 is 1.43. The highest BCUT2D eigenvalue weighted by Gasteiger charge is 2.13. The highest BCUT2D eigenvalue weighted by Crippen LogP contribution is 2.21. The van der Waals surface area contributed by atoms with Crippen LogP contribution in [0.4, 0.5) is 5.69 Å². The lowest BCUT2D eigenvalue weighted by atomic mass is 10.2. The molecular formula is C14H10N2O2S. The summed E-state index contributed by atoms with van der Waals surface area (Å²) in [6, 6.07) is 12.1. The monoisotopic (exact) mass is 270 g/mol. The van der Waals surface area contributed by atoms with Gasteiger partial charge in [0, 0.05) is 4.88 Å². The summed E-state index contributed by atoms with van der Waals surface area (Å²) in [4.78, 5) is 12.7. The van der Waals surface area contributed by atoms with Crippen molar-refractivity contribution in [2.24, 2.45) is 0 Å². The Bertz CT molecular complexity index is 654. The second kappa shape index (κ2) is 5.85. The highest BCUT2D eigenvalue weighted by atomic mass is 32.1. The number of esters is 1. The molecule has 4 nitrogen and oxygen atoms in total. The van der Waals surface area contributed by atoms with Gasteiger partial charge in [0.25, 0.3) is 0 Å². The van der Waals surface area contributed by atoms with E-state index >= 15 is 0 Å². The number of benzene rings is 1. The molecule has 0 radical (unpaired) electrons. The van der Waals surface area contributed by atoms with Crippen molar-refractivity contribution < 1.29 is 9.53 Å². The Morgan fingerprint density at radius 2 is 2.11 bits per heavy atom. The Morgan fingerprint density at radius 3 is 2.74 bits per heavy atom. The third-order valence-corrected chi connectivity index (χ3v) is 3.11. The van der Waals surface area contributed by atoms with Crippen molar-refractivity contribution in [3.05, 3.63) is 52.2 Å². The van der Waals surface area contributed by atoms with Gasteiger partial charge < -0.3 is 10.5 Å². The van der Waals surface area contributed by atoms with Crippen molar-refractivity contribution in [2.75, 3.05) is 5.73 Å². The molecule has 0 amide bonds. The van der Waals surface area contributed by atoms with Crippen LogP contribution in [0.5, 0.6) is 5.75 Å². The zero-order valence-electron chi connectivity index (χ0n) is 9.87. The van der Waals surface area contributed by atoms with Crippen LogP contribution in [0, 0.1) is 11.3 Å². The van der Waals surface area contributed by atoms with Gasteiger partial charge in [0.15, 0.2) is 5.75 Å². The van der Waals surface area contributed by atoms with Crippen molar-refractivity contribution in [1.29, 1.82) is 5.26 Å². The van der Waals surface area contributed by atoms with Crippen LogP contribution in [-0.4, -0.2) is 5.97 Å². The SMILES string of the molecule is N#C/C(=C\c1cccs1)C(=O)Oc1ccccc1N. The highest BCUT2D eigenvalue weighted by molar-refractivity contribution is 7.10. The number of hydrogen-bond donors (Lipinski definition) is 1. The molecule has 5 heteroatoms. The van der Waals surface area contributed by atoms with Crippen molar-refractivity contribution in [1.82, 2.24) is 0 Å². The van der Waals surface area contributed by atoms with Crippen molar-refractivity contribution in [2.45, 2.75) is 0 Å². The quantitative estimate of drug-likeness (QED) is 0.306. The molecule has 0 saturated heterocycles. The van der Waals surface area contributed by atoms with Crippen LogP contribution in [0.25, 0.3) is 6.08 Å². The van der Waals surface area contributed by atoms with Crippen molar-refractivity contribution in [3.8, 4) is 11.8 Å². The molecule has 0 aliphatic rings. The number of para-hydroxylation sites is 2. The standard InChI is InChI=1S/C14H10N2O2S/c15-9-10(8-11-4-3-7-19-11)14(17)18-13-6-2-1-5-12(13)16/h1-8H,16H2/b10-8+. The molecule has 0 aliphatic carbocycles. The van der Waals surface area contributed by atoms with Gasteiger partial charge in [-0.2, -0.15) is 5.26 Å². The lowest BCUT2D eigenvalue weighted by molar-refractivity contribution is -0.129. The number of nitrogens with zero attached hydrogens (tertiary/aromatic N) is 1. The molecule has 0 atom stereocenters. The van der Waals surface area contributed by atoms with Gasteiger partial charge in [0.1, 0.15) is 11.6 Å². The molecule has 2 aromatic rings. The summed E-state index contributed by atoms with van der Waals surface area (Å²) < 4.78 is 5.10. The van der Waals surface area contributed by atoms with Crippen molar-refractivity contribution in [3.63, 3.8) is 0 Å². The minimum absolute atomic E-state index is 0.0642. The van der Waals surface area contributed by atoms with E-state index in [0.717, 1.165) is 4.88 Å². The minimum atomic E-state index is -0.714. The number of ether oxygens (including phenoxy) is 1. The number of nitrogen functional groups attached to an aromatic ring is 1. The normalized spacial score (nSPS) is 10.8. The fourth-order valence-corrected chi connectivity index (χ4v) is 2.04. The molecule has 1 heterocycles. The molecular weight excluding hydrogens is 260 g/mol. The number of carbonyl (C=O) groups excluding carboxylic acids is 1. The number of hydrogen-bond acceptors (Lipinski definition) is 5. The molecule has 0 spiro atoms. The van der Waals surface area contributed by atoms with E-state index in [0.29, 0.717) is 5.69 Å². The van der Waals surface area contributed by atoms with Crippen LogP contribution < -0.4 is 10.5 Å². The lowest BCUT2D eigenvalue weighted by Crippen LogP contribution is -2.11. The summed E-state index contributed by atoms with van der Waals surface area (Å²) in [7, 11) is 0. The minimum Gasteiger partial charge on any atom is -0.420 e. The second-order valence-corrected chi connectivity index (χ2v) is 4.59. The first-order valence-corrected chi connectivity index (χ1v) is 6.30. The predicted octanol–water partition coefficient (Wildman–Crippen LogP) is 2.84. The Morgan fingerprint density at radius 1 is 1.32 bits per heavy atom. The number of thiophene rings is 1. The van der Waals surface area contributed by atoms with E-state index in [-0.39, 0.29) is 11.3 Å². The predicted molar refractivity (Wildman–Crippen MR) is 74.4 cm³/mol. The maximum Gasteiger partial charge on any atom is 0.354 e. The smallest absolute Gasteiger partial charge is 0.354 e. The third-order valence-electron chi connectivity index (χ3n) is 2.29. The first kappa shape index (κ1) is 12.9. The Kier molecular flexibility index (Phi) is 3.96. The van der Waals surface area contributed by atoms with Crippen LogP contribution in [0.2, 0.25) is 0 Å². The van der Waals surface area contributed by atoms with E-state index in [9.17, 15) is 4.79 Å². The van der Waals surface area contributed by atoms with Gasteiger partial charge in [-0.3, -0.25) is 0 Å². The molecule has 94 valence electrons. The first-order valence-electron chi connectivity index (χ1n) is 5.42.